The molecule has 6 rings (SSSR count). The second-order valence-electron chi connectivity index (χ2n) is 25.4. The number of thiophene rings is 1. The van der Waals surface area contributed by atoms with Crippen LogP contribution in [0, 0.1) is 5.92 Å². The summed E-state index contributed by atoms with van der Waals surface area (Å²) in [6.45, 7) is 5.64. The quantitative estimate of drug-likeness (QED) is 0.0152. The second-order valence-corrected chi connectivity index (χ2v) is 27.2. The minimum absolute atomic E-state index is 0.00679. The fraction of sp³-hybridized carbons (Fsp3) is 0.457. The molecule has 0 saturated carbocycles. The lowest BCUT2D eigenvalue weighted by molar-refractivity contribution is -0.144. The van der Waals surface area contributed by atoms with Crippen molar-refractivity contribution in [3.8, 4) is 5.75 Å². The van der Waals surface area contributed by atoms with Crippen LogP contribution in [0.4, 0.5) is 0 Å². The minimum atomic E-state index is -1.79. The molecule has 0 aliphatic carbocycles. The summed E-state index contributed by atoms with van der Waals surface area (Å²) < 4.78 is 0.857. The molecule has 1 aromatic heterocycles. The Morgan fingerprint density at radius 1 is 0.614 bits per heavy atom. The van der Waals surface area contributed by atoms with Crippen LogP contribution in [0.3, 0.4) is 0 Å². The number of carbonyl (C=O) groups excluding carboxylic acids is 11. The number of rotatable bonds is 38. The number of hydrogen-bond acceptors (Lipinski definition) is 16. The predicted molar refractivity (Wildman–Crippen MR) is 384 cm³/mol. The number of guanidine groups is 1. The van der Waals surface area contributed by atoms with Gasteiger partial charge in [-0.25, -0.2) is 0 Å². The Morgan fingerprint density at radius 3 is 1.68 bits per heavy atom. The largest absolute Gasteiger partial charge is 0.508 e. The monoisotopic (exact) mass is 1450 g/mol. The first-order valence-corrected chi connectivity index (χ1v) is 35.0. The fourth-order valence-corrected chi connectivity index (χ4v) is 12.8. The number of likely N-dealkylation sites (N-methyl/N-ethyl adjacent to an activating group) is 1. The number of phenolic OH excluding ortho intramolecular Hbond substituents is 1. The Hall–Kier alpha value is -9.42. The van der Waals surface area contributed by atoms with E-state index >= 15 is 14.4 Å². The SMILES string of the molecule is CC(=O)N[C@H](Cc1ccc(Cl)cc1)C(=O)N[C@H](Cc1ccc(Cl)cc1)C(=O)N[C@@H](Cc1csc2ccccc12)C(=O)N[C@@H](CO)C(=O)N(C)[C@@H](Cc1ccc(O)cc1)C(=O)N[C@H](CCCCN)C(=O)N[C@@H](CC(C)C)C(=O)N[C@@H](CCCN=C(N)N)C(=O)N1CCC[C@H]1C(=O)N[C@H](C)C(N)=O. The van der Waals surface area contributed by atoms with E-state index in [9.17, 15) is 48.6 Å². The number of benzene rings is 4. The Labute approximate surface area is 600 Å². The highest BCUT2D eigenvalue weighted by Crippen LogP contribution is 2.28. The molecule has 1 saturated heterocycles. The Bertz CT molecular complexity index is 3710. The first-order valence-electron chi connectivity index (χ1n) is 33.4. The lowest BCUT2D eigenvalue weighted by Gasteiger charge is -2.33. The number of aliphatic imine (C=N–C) groups is 1. The summed E-state index contributed by atoms with van der Waals surface area (Å²) in [6.07, 6.45) is 1.01. The van der Waals surface area contributed by atoms with Crippen LogP contribution in [-0.2, 0) is 78.4 Å². The molecule has 1 aliphatic heterocycles. The Kier molecular flexibility index (Phi) is 31.5. The Morgan fingerprint density at radius 2 is 1.12 bits per heavy atom. The lowest BCUT2D eigenvalue weighted by atomic mass is 9.99. The van der Waals surface area contributed by atoms with E-state index in [2.05, 4.69) is 47.5 Å². The molecular formula is C70H93Cl2N15O13S. The van der Waals surface area contributed by atoms with Gasteiger partial charge in [-0.2, -0.15) is 0 Å². The maximum atomic E-state index is 15.1. The maximum absolute atomic E-state index is 15.1. The van der Waals surface area contributed by atoms with Crippen molar-refractivity contribution in [2.45, 2.75) is 165 Å². The van der Waals surface area contributed by atoms with E-state index in [1.54, 1.807) is 68.4 Å². The van der Waals surface area contributed by atoms with Gasteiger partial charge in [-0.15, -0.1) is 11.3 Å². The summed E-state index contributed by atoms with van der Waals surface area (Å²) in [5.74, 6) is -9.13. The number of nitrogens with one attached hydrogen (secondary N) is 8. The third kappa shape index (κ3) is 25.0. The molecule has 10 atom stereocenters. The third-order valence-electron chi connectivity index (χ3n) is 17.0. The van der Waals surface area contributed by atoms with Gasteiger partial charge in [0.1, 0.15) is 66.2 Å². The van der Waals surface area contributed by atoms with Gasteiger partial charge in [0.15, 0.2) is 5.96 Å². The normalized spacial score (nSPS) is 15.4. The number of amides is 11. The second kappa shape index (κ2) is 39.5. The molecule has 31 heteroatoms. The number of phenols is 1. The van der Waals surface area contributed by atoms with E-state index in [-0.39, 0.29) is 101 Å². The number of unbranched alkanes of at least 4 members (excludes halogenated alkanes) is 1. The molecule has 0 spiro atoms. The fourth-order valence-electron chi connectivity index (χ4n) is 11.6. The van der Waals surface area contributed by atoms with Gasteiger partial charge >= 0.3 is 0 Å². The number of carbonyl (C=O) groups is 11. The number of halogens is 2. The maximum Gasteiger partial charge on any atom is 0.247 e. The van der Waals surface area contributed by atoms with Gasteiger partial charge in [0, 0.05) is 67.5 Å². The zero-order chi connectivity index (χ0) is 74.0. The number of nitrogens with two attached hydrogens (primary N) is 4. The zero-order valence-electron chi connectivity index (χ0n) is 57.2. The molecule has 5 aromatic rings. The van der Waals surface area contributed by atoms with Crippen molar-refractivity contribution in [3.63, 3.8) is 0 Å². The van der Waals surface area contributed by atoms with Crippen LogP contribution in [0.25, 0.3) is 10.1 Å². The van der Waals surface area contributed by atoms with Crippen LogP contribution in [0.15, 0.2) is 107 Å². The first-order chi connectivity index (χ1) is 48.0. The third-order valence-corrected chi connectivity index (χ3v) is 18.6. The topological polar surface area (TPSA) is 447 Å². The van der Waals surface area contributed by atoms with Crippen LogP contribution < -0.4 is 65.5 Å². The molecule has 0 bridgehead atoms. The highest BCUT2D eigenvalue weighted by Gasteiger charge is 2.41. The van der Waals surface area contributed by atoms with Crippen molar-refractivity contribution in [2.24, 2.45) is 33.8 Å². The van der Waals surface area contributed by atoms with E-state index in [0.29, 0.717) is 45.1 Å². The average Bonchev–Trinajstić information content (AvgIpc) is 1.74. The number of aliphatic hydroxyl groups excluding tert-OH is 1. The van der Waals surface area contributed by atoms with Gasteiger partial charge in [0.2, 0.25) is 65.0 Å². The van der Waals surface area contributed by atoms with E-state index in [1.165, 1.54) is 61.4 Å². The molecule has 101 heavy (non-hydrogen) atoms. The van der Waals surface area contributed by atoms with E-state index in [4.69, 9.17) is 46.1 Å². The molecule has 18 N–H and O–H groups in total. The van der Waals surface area contributed by atoms with Crippen LogP contribution >= 0.6 is 34.5 Å². The molecular weight excluding hydrogens is 1360 g/mol. The summed E-state index contributed by atoms with van der Waals surface area (Å²) in [5.41, 5.74) is 24.7. The summed E-state index contributed by atoms with van der Waals surface area (Å²) in [7, 11) is 1.25. The predicted octanol–water partition coefficient (Wildman–Crippen LogP) is 1.63. The number of likely N-dealkylation sites (tertiary alicyclic amines) is 1. The molecule has 546 valence electrons. The van der Waals surface area contributed by atoms with E-state index < -0.39 is 132 Å². The minimum Gasteiger partial charge on any atom is -0.508 e. The van der Waals surface area contributed by atoms with Gasteiger partial charge in [0.05, 0.1) is 6.61 Å². The molecule has 28 nitrogen and oxygen atoms in total. The van der Waals surface area contributed by atoms with Crippen molar-refractivity contribution < 1.29 is 63.0 Å². The molecule has 4 aromatic carbocycles. The molecule has 0 unspecified atom stereocenters. The van der Waals surface area contributed by atoms with Crippen molar-refractivity contribution in [2.75, 3.05) is 33.3 Å². The number of aliphatic hydroxyl groups is 1. The lowest BCUT2D eigenvalue weighted by Crippen LogP contribution is -2.62. The molecule has 0 radical (unpaired) electrons. The highest BCUT2D eigenvalue weighted by molar-refractivity contribution is 7.17. The standard InChI is InChI=1S/C70H93Cl2N15O13S/c1-39(2)32-52(62(93)81-51(14-10-30-77-70(75)76)69(100)87-31-11-15-57(87)66(97)78-40(3)60(74)91)82-61(92)50(13-8-9-29-73)80-67(98)58(35-44-21-27-48(90)28-22-44)86(5)68(99)56(37-88)85-65(96)55(36-45-38-101-59-16-7-6-12-49(45)59)84-64(95)54(34-43-19-25-47(72)26-20-43)83-63(94)53(79-41(4)89)33-42-17-23-46(71)24-18-42/h6-7,12,16-28,38-40,50-58,88,90H,8-11,13-15,29-37,73H2,1-5H3,(H2,74,91)(H,78,97)(H,79,89)(H,80,98)(H,81,93)(H,82,92)(H,83,94)(H,84,95)(H,85,96)(H4,75,76,77)/t40-,50-,51+,52+,53-,54-,55+,56+,57+,58+/m1/s1. The summed E-state index contributed by atoms with van der Waals surface area (Å²) in [6, 6.07) is 12.8. The van der Waals surface area contributed by atoms with Gasteiger partial charge in [-0.1, -0.05) is 91.6 Å². The van der Waals surface area contributed by atoms with Crippen LogP contribution in [-0.4, -0.2) is 185 Å². The van der Waals surface area contributed by atoms with Crippen LogP contribution in [0.1, 0.15) is 101 Å². The van der Waals surface area contributed by atoms with Crippen molar-refractivity contribution in [3.05, 3.63) is 135 Å². The Balaban J connectivity index is 1.28. The van der Waals surface area contributed by atoms with Crippen LogP contribution in [0.2, 0.25) is 10.0 Å². The number of aromatic hydroxyl groups is 1. The summed E-state index contributed by atoms with van der Waals surface area (Å²) >= 11 is 13.8. The smallest absolute Gasteiger partial charge is 0.247 e. The van der Waals surface area contributed by atoms with Gasteiger partial charge in [-0.3, -0.25) is 57.7 Å². The molecule has 11 amide bonds. The number of nitrogens with zero attached hydrogens (tertiary/aromatic N) is 3. The van der Waals surface area contributed by atoms with Gasteiger partial charge in [-0.05, 0) is 146 Å². The molecule has 2 heterocycles. The van der Waals surface area contributed by atoms with Crippen LogP contribution in [0.5, 0.6) is 5.75 Å². The summed E-state index contributed by atoms with van der Waals surface area (Å²) in [4.78, 5) is 162. The van der Waals surface area contributed by atoms with E-state index in [0.717, 1.165) is 15.0 Å². The highest BCUT2D eigenvalue weighted by atomic mass is 35.5. The van der Waals surface area contributed by atoms with Crippen molar-refractivity contribution in [1.29, 1.82) is 0 Å². The van der Waals surface area contributed by atoms with Gasteiger partial charge < -0.3 is 85.5 Å². The number of hydrogen-bond donors (Lipinski definition) is 14. The van der Waals surface area contributed by atoms with Crippen molar-refractivity contribution in [1.82, 2.24) is 52.3 Å². The number of fused-ring (bicyclic) bond motifs is 1. The van der Waals surface area contributed by atoms with E-state index in [1.807, 2.05) is 23.6 Å². The summed E-state index contributed by atoms with van der Waals surface area (Å²) in [5, 5.41) is 46.5. The van der Waals surface area contributed by atoms with Gasteiger partial charge in [0.25, 0.3) is 0 Å². The molecule has 1 aliphatic rings. The zero-order valence-corrected chi connectivity index (χ0v) is 59.5. The average molecular weight is 1460 g/mol. The first kappa shape index (κ1) is 80.6. The number of primary amides is 1. The van der Waals surface area contributed by atoms with Crippen molar-refractivity contribution >= 4 is 116 Å². The molecule has 1 fully saturated rings.